The molecule has 7 nitrogen and oxygen atoms in total. The highest BCUT2D eigenvalue weighted by Crippen LogP contribution is 2.12. The van der Waals surface area contributed by atoms with Crippen LogP contribution in [0.2, 0.25) is 0 Å². The summed E-state index contributed by atoms with van der Waals surface area (Å²) in [5.74, 6) is 0.122. The van der Waals surface area contributed by atoms with Crippen LogP contribution in [-0.2, 0) is 20.2 Å². The van der Waals surface area contributed by atoms with E-state index in [2.05, 4.69) is 0 Å². The lowest BCUT2D eigenvalue weighted by molar-refractivity contribution is 0.381. The summed E-state index contributed by atoms with van der Waals surface area (Å²) >= 11 is 0. The predicted molar refractivity (Wildman–Crippen MR) is 62.8 cm³/mol. The Hall–Kier alpha value is -1.16. The van der Waals surface area contributed by atoms with Crippen molar-refractivity contribution in [3.05, 3.63) is 24.3 Å². The quantitative estimate of drug-likeness (QED) is 0.528. The van der Waals surface area contributed by atoms with Gasteiger partial charge in [-0.25, -0.2) is 8.42 Å². The predicted octanol–water partition coefficient (Wildman–Crippen LogP) is 0.410. The first-order valence-electron chi connectivity index (χ1n) is 4.34. The first-order chi connectivity index (χ1) is 7.56. The number of rotatable bonds is 2. The summed E-state index contributed by atoms with van der Waals surface area (Å²) in [6.07, 6.45) is 0. The molecule has 4 N–H and O–H groups in total. The standard InChI is InChI=1S/C8H11NO2S.H2O4S/c1-2-12(10,11)8-5-3-7(9)4-6-8;1-5(2,3)4/h3-6H,2,9H2,1H3;(H2,1,2,3,4). The van der Waals surface area contributed by atoms with Crippen LogP contribution in [0.3, 0.4) is 0 Å². The zero-order valence-corrected chi connectivity index (χ0v) is 10.6. The first kappa shape index (κ1) is 15.8. The molecule has 0 aromatic heterocycles. The molecule has 0 radical (unpaired) electrons. The molecule has 1 aromatic rings. The highest BCUT2D eigenvalue weighted by molar-refractivity contribution is 7.91. The maximum atomic E-state index is 11.3. The second kappa shape index (κ2) is 5.96. The lowest BCUT2D eigenvalue weighted by Crippen LogP contribution is -2.03. The third-order valence-electron chi connectivity index (χ3n) is 1.62. The topological polar surface area (TPSA) is 135 Å². The van der Waals surface area contributed by atoms with Crippen LogP contribution in [0.5, 0.6) is 0 Å². The molecular weight excluding hydrogens is 270 g/mol. The Morgan fingerprint density at radius 3 is 1.71 bits per heavy atom. The van der Waals surface area contributed by atoms with Crippen molar-refractivity contribution in [2.24, 2.45) is 0 Å². The van der Waals surface area contributed by atoms with Gasteiger partial charge in [-0.15, -0.1) is 0 Å². The zero-order chi connectivity index (χ0) is 13.7. The number of anilines is 1. The van der Waals surface area contributed by atoms with Crippen molar-refractivity contribution in [3.63, 3.8) is 0 Å². The summed E-state index contributed by atoms with van der Waals surface area (Å²) in [6.45, 7) is 1.62. The number of nitrogens with two attached hydrogens (primary N) is 1. The summed E-state index contributed by atoms with van der Waals surface area (Å²) in [7, 11) is -7.74. The number of benzene rings is 1. The van der Waals surface area contributed by atoms with Gasteiger partial charge in [0.05, 0.1) is 10.6 Å². The van der Waals surface area contributed by atoms with Crippen molar-refractivity contribution < 1.29 is 25.9 Å². The molecule has 1 rings (SSSR count). The van der Waals surface area contributed by atoms with Crippen molar-refractivity contribution in [1.82, 2.24) is 0 Å². The van der Waals surface area contributed by atoms with E-state index < -0.39 is 20.2 Å². The molecule has 0 spiro atoms. The van der Waals surface area contributed by atoms with Crippen LogP contribution >= 0.6 is 0 Å². The molecule has 17 heavy (non-hydrogen) atoms. The molecule has 0 saturated carbocycles. The van der Waals surface area contributed by atoms with Crippen molar-refractivity contribution in [2.45, 2.75) is 11.8 Å². The van der Waals surface area contributed by atoms with Crippen LogP contribution in [0.25, 0.3) is 0 Å². The summed E-state index contributed by atoms with van der Waals surface area (Å²) in [6, 6.07) is 6.22. The van der Waals surface area contributed by atoms with Gasteiger partial charge in [0.1, 0.15) is 0 Å². The molecule has 0 atom stereocenters. The number of nitrogen functional groups attached to an aromatic ring is 1. The van der Waals surface area contributed by atoms with Gasteiger partial charge in [-0.05, 0) is 24.3 Å². The smallest absolute Gasteiger partial charge is 0.394 e. The average molecular weight is 283 g/mol. The molecule has 9 heteroatoms. The highest BCUT2D eigenvalue weighted by Gasteiger charge is 2.09. The van der Waals surface area contributed by atoms with Gasteiger partial charge >= 0.3 is 10.4 Å². The van der Waals surface area contributed by atoms with Crippen LogP contribution in [0.1, 0.15) is 6.92 Å². The van der Waals surface area contributed by atoms with Crippen LogP contribution in [0.15, 0.2) is 29.2 Å². The minimum atomic E-state index is -4.67. The van der Waals surface area contributed by atoms with Gasteiger partial charge in [-0.1, -0.05) is 6.92 Å². The molecule has 0 saturated heterocycles. The Morgan fingerprint density at radius 2 is 1.41 bits per heavy atom. The molecule has 0 aliphatic rings. The molecule has 1 aromatic carbocycles. The summed E-state index contributed by atoms with van der Waals surface area (Å²) in [5, 5.41) is 0. The molecule has 0 fully saturated rings. The van der Waals surface area contributed by atoms with E-state index in [0.29, 0.717) is 10.6 Å². The molecule has 0 heterocycles. The molecule has 0 aliphatic heterocycles. The minimum absolute atomic E-state index is 0.122. The van der Waals surface area contributed by atoms with E-state index in [9.17, 15) is 8.42 Å². The zero-order valence-electron chi connectivity index (χ0n) is 8.94. The fourth-order valence-electron chi connectivity index (χ4n) is 0.842. The Morgan fingerprint density at radius 1 is 1.06 bits per heavy atom. The Kier molecular flexibility index (Phi) is 5.55. The summed E-state index contributed by atoms with van der Waals surface area (Å²) in [5.41, 5.74) is 5.99. The van der Waals surface area contributed by atoms with E-state index in [1.165, 1.54) is 12.1 Å². The lowest BCUT2D eigenvalue weighted by Gasteiger charge is -2.00. The van der Waals surface area contributed by atoms with Gasteiger partial charge in [0.15, 0.2) is 9.84 Å². The van der Waals surface area contributed by atoms with Crippen LogP contribution in [-0.4, -0.2) is 31.7 Å². The van der Waals surface area contributed by atoms with Gasteiger partial charge in [0.25, 0.3) is 0 Å². The average Bonchev–Trinajstić information content (AvgIpc) is 2.16. The van der Waals surface area contributed by atoms with Crippen LogP contribution in [0.4, 0.5) is 5.69 Å². The van der Waals surface area contributed by atoms with E-state index >= 15 is 0 Å². The maximum absolute atomic E-state index is 11.3. The first-order valence-corrected chi connectivity index (χ1v) is 7.39. The van der Waals surface area contributed by atoms with Gasteiger partial charge in [0.2, 0.25) is 0 Å². The Balaban J connectivity index is 0.000000437. The van der Waals surface area contributed by atoms with Gasteiger partial charge < -0.3 is 5.73 Å². The number of sulfone groups is 1. The van der Waals surface area contributed by atoms with Crippen molar-refractivity contribution in [2.75, 3.05) is 11.5 Å². The fourth-order valence-corrected chi connectivity index (χ4v) is 1.73. The normalized spacial score (nSPS) is 11.5. The molecule has 0 amide bonds. The summed E-state index contributed by atoms with van der Waals surface area (Å²) < 4.78 is 54.1. The molecule has 98 valence electrons. The van der Waals surface area contributed by atoms with Crippen molar-refractivity contribution in [3.8, 4) is 0 Å². The second-order valence-corrected chi connectivity index (χ2v) is 6.09. The van der Waals surface area contributed by atoms with Gasteiger partial charge in [0, 0.05) is 5.69 Å². The third-order valence-corrected chi connectivity index (χ3v) is 3.37. The minimum Gasteiger partial charge on any atom is -0.399 e. The van der Waals surface area contributed by atoms with Gasteiger partial charge in [-0.2, -0.15) is 8.42 Å². The van der Waals surface area contributed by atoms with E-state index in [0.717, 1.165) is 0 Å². The molecule has 0 unspecified atom stereocenters. The molecule has 0 aliphatic carbocycles. The van der Waals surface area contributed by atoms with Crippen molar-refractivity contribution >= 4 is 25.9 Å². The van der Waals surface area contributed by atoms with E-state index in [-0.39, 0.29) is 5.75 Å². The Bertz CT molecular complexity index is 538. The van der Waals surface area contributed by atoms with Crippen LogP contribution in [0, 0.1) is 0 Å². The lowest BCUT2D eigenvalue weighted by atomic mass is 10.3. The van der Waals surface area contributed by atoms with E-state index in [1.54, 1.807) is 19.1 Å². The molecule has 0 bridgehead atoms. The van der Waals surface area contributed by atoms with E-state index in [1.807, 2.05) is 0 Å². The SMILES string of the molecule is CCS(=O)(=O)c1ccc(N)cc1.O=S(=O)(O)O. The largest absolute Gasteiger partial charge is 0.399 e. The van der Waals surface area contributed by atoms with Gasteiger partial charge in [-0.3, -0.25) is 9.11 Å². The van der Waals surface area contributed by atoms with E-state index in [4.69, 9.17) is 23.3 Å². The third kappa shape index (κ3) is 7.69. The fraction of sp³-hybridized carbons (Fsp3) is 0.250. The number of hydrogen-bond donors (Lipinski definition) is 3. The summed E-state index contributed by atoms with van der Waals surface area (Å²) in [4.78, 5) is 0.333. The second-order valence-electron chi connectivity index (χ2n) is 2.92. The molecular formula is C8H13NO6S2. The van der Waals surface area contributed by atoms with Crippen LogP contribution < -0.4 is 5.73 Å². The highest BCUT2D eigenvalue weighted by atomic mass is 32.3. The Labute approximate surface area is 99.8 Å². The number of hydrogen-bond acceptors (Lipinski definition) is 5. The monoisotopic (exact) mass is 283 g/mol. The maximum Gasteiger partial charge on any atom is 0.394 e. The van der Waals surface area contributed by atoms with Crippen molar-refractivity contribution in [1.29, 1.82) is 0 Å².